The van der Waals surface area contributed by atoms with E-state index < -0.39 is 5.92 Å². The summed E-state index contributed by atoms with van der Waals surface area (Å²) in [7, 11) is 0. The molecular weight excluding hydrogens is 338 g/mol. The molecule has 0 radical (unpaired) electrons. The van der Waals surface area contributed by atoms with Crippen molar-refractivity contribution >= 4 is 33.3 Å². The fourth-order valence-electron chi connectivity index (χ4n) is 2.02. The molecule has 100 valence electrons. The Kier molecular flexibility index (Phi) is 4.59. The zero-order chi connectivity index (χ0) is 14.7. The lowest BCUT2D eigenvalue weighted by Gasteiger charge is -2.12. The van der Waals surface area contributed by atoms with E-state index >= 15 is 0 Å². The van der Waals surface area contributed by atoms with Gasteiger partial charge in [0.2, 0.25) is 0 Å². The molecule has 1 unspecified atom stereocenters. The van der Waals surface area contributed by atoms with Crippen molar-refractivity contribution < 1.29 is 4.79 Å². The van der Waals surface area contributed by atoms with Crippen LogP contribution in [0.15, 0.2) is 46.9 Å². The summed E-state index contributed by atoms with van der Waals surface area (Å²) in [5.41, 5.74) is 2.07. The predicted molar refractivity (Wildman–Crippen MR) is 83.0 cm³/mol. The van der Waals surface area contributed by atoms with E-state index in [1.807, 2.05) is 25.1 Å². The third kappa shape index (κ3) is 2.92. The third-order valence-electron chi connectivity index (χ3n) is 3.08. The van der Waals surface area contributed by atoms with Crippen molar-refractivity contribution in [2.45, 2.75) is 12.8 Å². The summed E-state index contributed by atoms with van der Waals surface area (Å²) in [5, 5.41) is 9.85. The Balaban J connectivity index is 2.48. The third-order valence-corrected chi connectivity index (χ3v) is 4.01. The average Bonchev–Trinajstić information content (AvgIpc) is 2.44. The summed E-state index contributed by atoms with van der Waals surface area (Å²) in [6.45, 7) is 1.89. The second kappa shape index (κ2) is 6.21. The lowest BCUT2D eigenvalue weighted by Crippen LogP contribution is -2.13. The van der Waals surface area contributed by atoms with Crippen LogP contribution in [0.5, 0.6) is 0 Å². The van der Waals surface area contributed by atoms with Gasteiger partial charge in [0, 0.05) is 15.1 Å². The van der Waals surface area contributed by atoms with Crippen LogP contribution in [-0.2, 0) is 0 Å². The highest BCUT2D eigenvalue weighted by Gasteiger charge is 2.24. The SMILES string of the molecule is Cc1ccccc1C(C#N)C(=O)c1cc(Cl)ccc1Br. The zero-order valence-electron chi connectivity index (χ0n) is 10.7. The van der Waals surface area contributed by atoms with Gasteiger partial charge in [0.05, 0.1) is 6.07 Å². The largest absolute Gasteiger partial charge is 0.292 e. The maximum Gasteiger partial charge on any atom is 0.185 e. The molecule has 2 rings (SSSR count). The number of ketones is 1. The van der Waals surface area contributed by atoms with Gasteiger partial charge in [-0.1, -0.05) is 51.8 Å². The van der Waals surface area contributed by atoms with Gasteiger partial charge in [0.25, 0.3) is 0 Å². The molecule has 0 aromatic heterocycles. The molecule has 4 heteroatoms. The van der Waals surface area contributed by atoms with Gasteiger partial charge in [-0.15, -0.1) is 0 Å². The maximum absolute atomic E-state index is 12.6. The van der Waals surface area contributed by atoms with E-state index in [-0.39, 0.29) is 5.78 Å². The molecule has 2 aromatic carbocycles. The fraction of sp³-hybridized carbons (Fsp3) is 0.125. The molecule has 1 atom stereocenters. The van der Waals surface area contributed by atoms with Gasteiger partial charge in [0.15, 0.2) is 5.78 Å². The minimum absolute atomic E-state index is 0.254. The van der Waals surface area contributed by atoms with E-state index in [9.17, 15) is 10.1 Å². The molecule has 0 N–H and O–H groups in total. The number of hydrogen-bond acceptors (Lipinski definition) is 2. The van der Waals surface area contributed by atoms with E-state index in [0.717, 1.165) is 11.1 Å². The first-order valence-corrected chi connectivity index (χ1v) is 7.16. The average molecular weight is 349 g/mol. The van der Waals surface area contributed by atoms with E-state index in [1.54, 1.807) is 24.3 Å². The first-order valence-electron chi connectivity index (χ1n) is 5.99. The molecule has 0 saturated heterocycles. The van der Waals surface area contributed by atoms with Crippen molar-refractivity contribution in [1.82, 2.24) is 0 Å². The summed E-state index contributed by atoms with van der Waals surface area (Å²) < 4.78 is 0.640. The van der Waals surface area contributed by atoms with Gasteiger partial charge in [0.1, 0.15) is 5.92 Å². The molecule has 20 heavy (non-hydrogen) atoms. The molecule has 2 nitrogen and oxygen atoms in total. The second-order valence-corrected chi connectivity index (χ2v) is 5.70. The van der Waals surface area contributed by atoms with Gasteiger partial charge in [-0.2, -0.15) is 5.26 Å². The molecule has 0 fully saturated rings. The molecule has 0 spiro atoms. The Labute approximate surface area is 131 Å². The number of benzene rings is 2. The zero-order valence-corrected chi connectivity index (χ0v) is 13.1. The summed E-state index contributed by atoms with van der Waals surface area (Å²) in [4.78, 5) is 12.6. The molecule has 0 amide bonds. The molecular formula is C16H11BrClNO. The number of halogens is 2. The van der Waals surface area contributed by atoms with Gasteiger partial charge < -0.3 is 0 Å². The number of nitrogens with zero attached hydrogens (tertiary/aromatic N) is 1. The summed E-state index contributed by atoms with van der Waals surface area (Å²) in [6, 6.07) is 14.5. The lowest BCUT2D eigenvalue weighted by atomic mass is 9.89. The van der Waals surface area contributed by atoms with Crippen LogP contribution in [0.25, 0.3) is 0 Å². The van der Waals surface area contributed by atoms with Crippen molar-refractivity contribution in [3.8, 4) is 6.07 Å². The molecule has 0 heterocycles. The summed E-state index contributed by atoms with van der Waals surface area (Å²) in [6.07, 6.45) is 0. The number of carbonyl (C=O) groups excluding carboxylic acids is 1. The van der Waals surface area contributed by atoms with E-state index in [1.165, 1.54) is 0 Å². The second-order valence-electron chi connectivity index (χ2n) is 4.41. The quantitative estimate of drug-likeness (QED) is 0.740. The molecule has 0 aliphatic carbocycles. The van der Waals surface area contributed by atoms with Crippen LogP contribution in [-0.4, -0.2) is 5.78 Å². The number of aryl methyl sites for hydroxylation is 1. The van der Waals surface area contributed by atoms with Crippen molar-refractivity contribution in [1.29, 1.82) is 5.26 Å². The van der Waals surface area contributed by atoms with E-state index in [0.29, 0.717) is 15.1 Å². The van der Waals surface area contributed by atoms with Crippen molar-refractivity contribution in [2.75, 3.05) is 0 Å². The minimum Gasteiger partial charge on any atom is -0.292 e. The highest BCUT2D eigenvalue weighted by Crippen LogP contribution is 2.28. The van der Waals surface area contributed by atoms with Gasteiger partial charge in [-0.05, 0) is 36.2 Å². The normalized spacial score (nSPS) is 11.7. The summed E-state index contributed by atoms with van der Waals surface area (Å²) >= 11 is 9.26. The maximum atomic E-state index is 12.6. The minimum atomic E-state index is -0.828. The molecule has 2 aromatic rings. The van der Waals surface area contributed by atoms with Crippen LogP contribution in [0.4, 0.5) is 0 Å². The first kappa shape index (κ1) is 14.8. The van der Waals surface area contributed by atoms with Crippen molar-refractivity contribution in [3.63, 3.8) is 0 Å². The molecule has 0 bridgehead atoms. The van der Waals surface area contributed by atoms with Gasteiger partial charge in [-0.3, -0.25) is 4.79 Å². The molecule has 0 saturated carbocycles. The Hall–Kier alpha value is -1.63. The van der Waals surface area contributed by atoms with Crippen LogP contribution in [0.3, 0.4) is 0 Å². The number of rotatable bonds is 3. The molecule has 0 aliphatic rings. The van der Waals surface area contributed by atoms with Crippen LogP contribution >= 0.6 is 27.5 Å². The number of carbonyl (C=O) groups is 1. The smallest absolute Gasteiger partial charge is 0.185 e. The van der Waals surface area contributed by atoms with Crippen molar-refractivity contribution in [3.05, 3.63) is 68.7 Å². The Morgan fingerprint density at radius 1 is 1.30 bits per heavy atom. The number of Topliss-reactive ketones (excluding diaryl/α,β-unsaturated/α-hetero) is 1. The standard InChI is InChI=1S/C16H11BrClNO/c1-10-4-2-3-5-12(10)14(9-19)16(20)13-8-11(18)6-7-15(13)17/h2-8,14H,1H3. The number of nitriles is 1. The van der Waals surface area contributed by atoms with Crippen LogP contribution in [0, 0.1) is 18.3 Å². The molecule has 0 aliphatic heterocycles. The fourth-order valence-corrected chi connectivity index (χ4v) is 2.64. The van der Waals surface area contributed by atoms with Crippen LogP contribution < -0.4 is 0 Å². The number of hydrogen-bond donors (Lipinski definition) is 0. The van der Waals surface area contributed by atoms with Crippen LogP contribution in [0.1, 0.15) is 27.4 Å². The Morgan fingerprint density at radius 3 is 2.65 bits per heavy atom. The van der Waals surface area contributed by atoms with Crippen LogP contribution in [0.2, 0.25) is 5.02 Å². The predicted octanol–water partition coefficient (Wildman–Crippen LogP) is 4.90. The first-order chi connectivity index (χ1) is 9.54. The van der Waals surface area contributed by atoms with E-state index in [2.05, 4.69) is 22.0 Å². The summed E-state index contributed by atoms with van der Waals surface area (Å²) in [5.74, 6) is -1.08. The monoisotopic (exact) mass is 347 g/mol. The highest BCUT2D eigenvalue weighted by atomic mass is 79.9. The van der Waals surface area contributed by atoms with Gasteiger partial charge >= 0.3 is 0 Å². The highest BCUT2D eigenvalue weighted by molar-refractivity contribution is 9.10. The Bertz CT molecular complexity index is 706. The Morgan fingerprint density at radius 2 is 2.00 bits per heavy atom. The topological polar surface area (TPSA) is 40.9 Å². The van der Waals surface area contributed by atoms with Crippen molar-refractivity contribution in [2.24, 2.45) is 0 Å². The van der Waals surface area contributed by atoms with E-state index in [4.69, 9.17) is 11.6 Å². The van der Waals surface area contributed by atoms with Gasteiger partial charge in [-0.25, -0.2) is 0 Å². The lowest BCUT2D eigenvalue weighted by molar-refractivity contribution is 0.0978.